The number of hydrogen-bond donors (Lipinski definition) is 1. The van der Waals surface area contributed by atoms with E-state index in [0.717, 1.165) is 0 Å². The zero-order chi connectivity index (χ0) is 12.7. The predicted octanol–water partition coefficient (Wildman–Crippen LogP) is 2.54. The lowest BCUT2D eigenvalue weighted by Crippen LogP contribution is -1.98. The average Bonchev–Trinajstić information content (AvgIpc) is 2.79. The first-order valence-electron chi connectivity index (χ1n) is 5.17. The van der Waals surface area contributed by atoms with Gasteiger partial charge in [-0.15, -0.1) is 0 Å². The summed E-state index contributed by atoms with van der Waals surface area (Å²) in [6.45, 7) is 3.78. The smallest absolute Gasteiger partial charge is 0.345 e. The third-order valence-corrected chi connectivity index (χ3v) is 3.82. The van der Waals surface area contributed by atoms with Gasteiger partial charge < -0.3 is 14.0 Å². The number of nitrogens with zero attached hydrogens (tertiary/aromatic N) is 2. The molecule has 7 heteroatoms. The summed E-state index contributed by atoms with van der Waals surface area (Å²) in [4.78, 5) is 6.71. The second kappa shape index (κ2) is 6.36. The van der Waals surface area contributed by atoms with E-state index in [2.05, 4.69) is 9.97 Å². The van der Waals surface area contributed by atoms with Crippen LogP contribution < -0.4 is 0 Å². The highest BCUT2D eigenvalue weighted by Gasteiger charge is 2.30. The van der Waals surface area contributed by atoms with Crippen LogP contribution in [0.4, 0.5) is 0 Å². The number of nitrogens with one attached hydrogen (secondary N) is 1. The first kappa shape index (κ1) is 13.7. The van der Waals surface area contributed by atoms with Crippen molar-refractivity contribution in [1.29, 1.82) is 5.26 Å². The van der Waals surface area contributed by atoms with Gasteiger partial charge in [0.15, 0.2) is 0 Å². The third-order valence-electron chi connectivity index (χ3n) is 1.80. The predicted molar refractivity (Wildman–Crippen MR) is 63.0 cm³/mol. The van der Waals surface area contributed by atoms with E-state index in [1.165, 1.54) is 12.3 Å². The summed E-state index contributed by atoms with van der Waals surface area (Å²) in [5.41, 5.74) is 0. The first-order valence-corrected chi connectivity index (χ1v) is 6.71. The van der Waals surface area contributed by atoms with E-state index in [4.69, 9.17) is 14.3 Å². The lowest BCUT2D eigenvalue weighted by molar-refractivity contribution is 0.227. The standard InChI is InChI=1S/C10H14N3O3P/c1-3-15-17(14,16-4-2)9(8-11)7-10-12-5-6-13-10/h5-7H,3-4H2,1-2H3,(H,12,13)/b9-7-. The van der Waals surface area contributed by atoms with Gasteiger partial charge in [-0.05, 0) is 13.8 Å². The Labute approximate surface area is 99.8 Å². The summed E-state index contributed by atoms with van der Waals surface area (Å²) in [6, 6.07) is 1.84. The van der Waals surface area contributed by atoms with Crippen LogP contribution in [-0.2, 0) is 13.6 Å². The molecule has 1 rings (SSSR count). The van der Waals surface area contributed by atoms with Crippen molar-refractivity contribution in [3.63, 3.8) is 0 Å². The van der Waals surface area contributed by atoms with Gasteiger partial charge in [-0.3, -0.25) is 4.57 Å². The number of allylic oxidation sites excluding steroid dienone is 1. The second-order valence-electron chi connectivity index (χ2n) is 2.95. The maximum absolute atomic E-state index is 12.3. The maximum atomic E-state index is 12.3. The van der Waals surface area contributed by atoms with Gasteiger partial charge in [0.1, 0.15) is 17.2 Å². The van der Waals surface area contributed by atoms with Crippen molar-refractivity contribution in [2.45, 2.75) is 13.8 Å². The molecule has 6 nitrogen and oxygen atoms in total. The number of aromatic amines is 1. The van der Waals surface area contributed by atoms with Crippen LogP contribution in [0.15, 0.2) is 17.7 Å². The fourth-order valence-electron chi connectivity index (χ4n) is 1.17. The number of imidazole rings is 1. The van der Waals surface area contributed by atoms with Crippen LogP contribution in [0.3, 0.4) is 0 Å². The molecule has 0 atom stereocenters. The summed E-state index contributed by atoms with van der Waals surface area (Å²) < 4.78 is 22.4. The van der Waals surface area contributed by atoms with Gasteiger partial charge in [0.2, 0.25) is 0 Å². The van der Waals surface area contributed by atoms with Crippen LogP contribution in [-0.4, -0.2) is 23.2 Å². The third kappa shape index (κ3) is 3.53. The molecule has 1 aromatic rings. The Morgan fingerprint density at radius 1 is 1.59 bits per heavy atom. The van der Waals surface area contributed by atoms with Crippen molar-refractivity contribution in [3.05, 3.63) is 23.5 Å². The van der Waals surface area contributed by atoms with Crippen LogP contribution >= 0.6 is 7.60 Å². The Balaban J connectivity index is 3.06. The monoisotopic (exact) mass is 255 g/mol. The topological polar surface area (TPSA) is 88.0 Å². The van der Waals surface area contributed by atoms with Gasteiger partial charge in [0, 0.05) is 18.5 Å². The molecule has 0 fully saturated rings. The molecule has 0 aromatic carbocycles. The molecule has 0 bridgehead atoms. The van der Waals surface area contributed by atoms with Crippen LogP contribution in [0, 0.1) is 11.3 Å². The van der Waals surface area contributed by atoms with E-state index in [1.54, 1.807) is 20.0 Å². The summed E-state index contributed by atoms with van der Waals surface area (Å²) in [5.74, 6) is 0.432. The highest BCUT2D eigenvalue weighted by atomic mass is 31.2. The molecule has 1 aromatic heterocycles. The first-order chi connectivity index (χ1) is 8.16. The van der Waals surface area contributed by atoms with Gasteiger partial charge in [-0.2, -0.15) is 5.26 Å². The summed E-state index contributed by atoms with van der Waals surface area (Å²) >= 11 is 0. The maximum Gasteiger partial charge on any atom is 0.371 e. The Kier molecular flexibility index (Phi) is 5.11. The molecule has 0 unspecified atom stereocenters. The summed E-state index contributed by atoms with van der Waals surface area (Å²) in [6.07, 6.45) is 4.51. The Hall–Kier alpha value is -1.41. The fraction of sp³-hybridized carbons (Fsp3) is 0.400. The van der Waals surface area contributed by atoms with Gasteiger partial charge in [0.25, 0.3) is 0 Å². The minimum absolute atomic E-state index is 0.0591. The molecular formula is C10H14N3O3P. The van der Waals surface area contributed by atoms with E-state index in [1.807, 2.05) is 6.07 Å². The summed E-state index contributed by atoms with van der Waals surface area (Å²) in [5, 5.41) is 8.96. The van der Waals surface area contributed by atoms with Crippen molar-refractivity contribution in [2.24, 2.45) is 0 Å². The summed E-state index contributed by atoms with van der Waals surface area (Å²) in [7, 11) is -3.53. The molecule has 17 heavy (non-hydrogen) atoms. The van der Waals surface area contributed by atoms with Crippen molar-refractivity contribution in [3.8, 4) is 6.07 Å². The SMILES string of the molecule is CCOP(=O)(OCC)/C(C#N)=C\c1ncc[nH]1. The Bertz CT molecular complexity index is 452. The van der Waals surface area contributed by atoms with Crippen molar-refractivity contribution in [2.75, 3.05) is 13.2 Å². The molecule has 0 radical (unpaired) electrons. The van der Waals surface area contributed by atoms with Gasteiger partial charge in [0.05, 0.1) is 13.2 Å². The second-order valence-corrected chi connectivity index (χ2v) is 4.94. The number of rotatable bonds is 6. The molecule has 0 saturated heterocycles. The van der Waals surface area contributed by atoms with Crippen molar-refractivity contribution < 1.29 is 13.6 Å². The van der Waals surface area contributed by atoms with Gasteiger partial charge in [-0.25, -0.2) is 4.98 Å². The van der Waals surface area contributed by atoms with Gasteiger partial charge in [-0.1, -0.05) is 0 Å². The van der Waals surface area contributed by atoms with E-state index in [9.17, 15) is 4.57 Å². The van der Waals surface area contributed by atoms with E-state index in [-0.39, 0.29) is 18.5 Å². The quantitative estimate of drug-likeness (QED) is 0.623. The molecule has 92 valence electrons. The number of aromatic nitrogens is 2. The van der Waals surface area contributed by atoms with Crippen LogP contribution in [0.25, 0.3) is 6.08 Å². The highest BCUT2D eigenvalue weighted by molar-refractivity contribution is 7.59. The molecule has 0 spiro atoms. The number of nitriles is 1. The van der Waals surface area contributed by atoms with Crippen LogP contribution in [0.1, 0.15) is 19.7 Å². The van der Waals surface area contributed by atoms with Crippen LogP contribution in [0.2, 0.25) is 0 Å². The van der Waals surface area contributed by atoms with E-state index in [0.29, 0.717) is 5.82 Å². The molecule has 0 saturated carbocycles. The minimum atomic E-state index is -3.53. The lowest BCUT2D eigenvalue weighted by atomic mass is 10.5. The van der Waals surface area contributed by atoms with E-state index < -0.39 is 7.60 Å². The lowest BCUT2D eigenvalue weighted by Gasteiger charge is -2.15. The molecule has 0 aliphatic carbocycles. The largest absolute Gasteiger partial charge is 0.371 e. The fourth-order valence-corrected chi connectivity index (χ4v) is 2.61. The molecular weight excluding hydrogens is 241 g/mol. The molecule has 0 amide bonds. The van der Waals surface area contributed by atoms with Gasteiger partial charge >= 0.3 is 7.60 Å². The number of H-pyrrole nitrogens is 1. The zero-order valence-corrected chi connectivity index (χ0v) is 10.6. The molecule has 0 aliphatic rings. The highest BCUT2D eigenvalue weighted by Crippen LogP contribution is 2.56. The molecule has 1 heterocycles. The van der Waals surface area contributed by atoms with Crippen molar-refractivity contribution >= 4 is 13.7 Å². The zero-order valence-electron chi connectivity index (χ0n) is 9.71. The Morgan fingerprint density at radius 2 is 2.24 bits per heavy atom. The molecule has 0 aliphatic heterocycles. The molecule has 1 N–H and O–H groups in total. The average molecular weight is 255 g/mol. The van der Waals surface area contributed by atoms with E-state index >= 15 is 0 Å². The number of hydrogen-bond acceptors (Lipinski definition) is 5. The normalized spacial score (nSPS) is 12.4. The minimum Gasteiger partial charge on any atom is -0.345 e. The Morgan fingerprint density at radius 3 is 2.65 bits per heavy atom. The van der Waals surface area contributed by atoms with Crippen molar-refractivity contribution in [1.82, 2.24) is 9.97 Å². The van der Waals surface area contributed by atoms with Crippen LogP contribution in [0.5, 0.6) is 0 Å².